The predicted molar refractivity (Wildman–Crippen MR) is 235 cm³/mol. The Hall–Kier alpha value is -6.71. The summed E-state index contributed by atoms with van der Waals surface area (Å²) in [6, 6.07) is 56.5. The smallest absolute Gasteiger partial charge is 0.0797 e. The number of fused-ring (bicyclic) bond motifs is 12. The summed E-state index contributed by atoms with van der Waals surface area (Å²) in [5.41, 5.74) is 18.9. The van der Waals surface area contributed by atoms with E-state index in [1.54, 1.807) is 0 Å². The van der Waals surface area contributed by atoms with Crippen LogP contribution in [0.3, 0.4) is 0 Å². The van der Waals surface area contributed by atoms with E-state index < -0.39 is 0 Å². The van der Waals surface area contributed by atoms with Crippen LogP contribution in [0.5, 0.6) is 0 Å². The molecule has 0 bridgehead atoms. The number of allylic oxidation sites excluding steroid dienone is 1. The molecule has 0 saturated heterocycles. The van der Waals surface area contributed by atoms with Gasteiger partial charge in [0.2, 0.25) is 0 Å². The first-order valence-corrected chi connectivity index (χ1v) is 19.8. The van der Waals surface area contributed by atoms with Crippen LogP contribution < -0.4 is 0 Å². The Labute approximate surface area is 325 Å². The fourth-order valence-electron chi connectivity index (χ4n) is 10.2. The van der Waals surface area contributed by atoms with E-state index in [-0.39, 0.29) is 5.41 Å². The molecule has 2 aliphatic rings. The van der Waals surface area contributed by atoms with Gasteiger partial charge in [0.15, 0.2) is 0 Å². The average Bonchev–Trinajstić information content (AvgIpc) is 3.82. The third-order valence-electron chi connectivity index (χ3n) is 12.8. The molecule has 0 N–H and O–H groups in total. The summed E-state index contributed by atoms with van der Waals surface area (Å²) in [5, 5.41) is 6.25. The molecule has 2 aliphatic carbocycles. The van der Waals surface area contributed by atoms with Crippen molar-refractivity contribution in [3.05, 3.63) is 186 Å². The van der Waals surface area contributed by atoms with Crippen molar-refractivity contribution in [2.45, 2.75) is 32.6 Å². The zero-order valence-corrected chi connectivity index (χ0v) is 31.7. The molecule has 7 aromatic carbocycles. The molecule has 0 saturated carbocycles. The molecule has 3 nitrogen and oxygen atoms in total. The summed E-state index contributed by atoms with van der Waals surface area (Å²) in [6.07, 6.45) is 5.41. The van der Waals surface area contributed by atoms with Gasteiger partial charge in [0, 0.05) is 49.8 Å². The van der Waals surface area contributed by atoms with Gasteiger partial charge in [-0.25, -0.2) is 0 Å². The number of pyridine rings is 1. The van der Waals surface area contributed by atoms with Gasteiger partial charge in [0.05, 0.1) is 33.3 Å². The fourth-order valence-corrected chi connectivity index (χ4v) is 10.2. The van der Waals surface area contributed by atoms with Gasteiger partial charge in [-0.2, -0.15) is 0 Å². The summed E-state index contributed by atoms with van der Waals surface area (Å²) >= 11 is 0. The van der Waals surface area contributed by atoms with Gasteiger partial charge in [0.25, 0.3) is 0 Å². The molecule has 3 heteroatoms. The van der Waals surface area contributed by atoms with Crippen molar-refractivity contribution in [1.29, 1.82) is 0 Å². The van der Waals surface area contributed by atoms with Crippen molar-refractivity contribution in [2.24, 2.45) is 5.92 Å². The van der Waals surface area contributed by atoms with E-state index in [0.717, 1.165) is 11.9 Å². The van der Waals surface area contributed by atoms with Crippen LogP contribution in [0.25, 0.3) is 88.2 Å². The molecule has 12 rings (SSSR count). The largest absolute Gasteiger partial charge is 0.309 e. The quantitative estimate of drug-likeness (QED) is 0.178. The zero-order chi connectivity index (χ0) is 37.3. The van der Waals surface area contributed by atoms with Gasteiger partial charge in [-0.3, -0.25) is 4.98 Å². The molecular formula is C53H39N3. The lowest BCUT2D eigenvalue weighted by molar-refractivity contribution is 0.661. The number of hydrogen-bond donors (Lipinski definition) is 0. The standard InChI is InChI=1S/C53H39N3/c1-32-26-36-20-19-33-12-11-25-54-52(33)51(36)50(27-32)56-46-18-10-8-16-39(46)41-28-34(22-24-48(41)56)35-21-23-47-42(29-35)43-30-40-38-15-7-9-17-44(38)53(2,3)45(40)31-49(43)55(47)37-13-5-4-6-14-37/h4-25,27-32H,26H2,1-3H3. The Balaban J connectivity index is 1.08. The van der Waals surface area contributed by atoms with Gasteiger partial charge in [-0.05, 0) is 112 Å². The monoisotopic (exact) mass is 717 g/mol. The molecular weight excluding hydrogens is 679 g/mol. The number of hydrogen-bond acceptors (Lipinski definition) is 1. The number of benzene rings is 7. The van der Waals surface area contributed by atoms with Crippen LogP contribution in [0.2, 0.25) is 0 Å². The van der Waals surface area contributed by atoms with Crippen LogP contribution in [-0.4, -0.2) is 14.1 Å². The molecule has 1 atom stereocenters. The van der Waals surface area contributed by atoms with Gasteiger partial charge < -0.3 is 9.13 Å². The first kappa shape index (κ1) is 31.6. The van der Waals surface area contributed by atoms with Crippen LogP contribution in [0.4, 0.5) is 0 Å². The van der Waals surface area contributed by atoms with Crippen LogP contribution >= 0.6 is 0 Å². The minimum Gasteiger partial charge on any atom is -0.309 e. The van der Waals surface area contributed by atoms with E-state index in [1.807, 2.05) is 12.3 Å². The first-order valence-electron chi connectivity index (χ1n) is 19.8. The molecule has 0 spiro atoms. The molecule has 0 amide bonds. The molecule has 0 radical (unpaired) electrons. The Morgan fingerprint density at radius 2 is 1.25 bits per heavy atom. The summed E-state index contributed by atoms with van der Waals surface area (Å²) in [4.78, 5) is 4.94. The Morgan fingerprint density at radius 3 is 2.09 bits per heavy atom. The summed E-state index contributed by atoms with van der Waals surface area (Å²) in [6.45, 7) is 7.07. The average molecular weight is 718 g/mol. The number of nitrogens with zero attached hydrogens (tertiary/aromatic N) is 3. The molecule has 1 unspecified atom stereocenters. The van der Waals surface area contributed by atoms with Gasteiger partial charge in [-0.15, -0.1) is 0 Å². The Bertz CT molecular complexity index is 3320. The maximum absolute atomic E-state index is 4.94. The normalized spacial score (nSPS) is 15.8. The maximum Gasteiger partial charge on any atom is 0.0797 e. The number of para-hydroxylation sites is 2. The second kappa shape index (κ2) is 11.4. The van der Waals surface area contributed by atoms with E-state index >= 15 is 0 Å². The van der Waals surface area contributed by atoms with Gasteiger partial charge >= 0.3 is 0 Å². The second-order valence-corrected chi connectivity index (χ2v) is 16.5. The van der Waals surface area contributed by atoms with E-state index in [1.165, 1.54) is 105 Å². The van der Waals surface area contributed by atoms with Crippen molar-refractivity contribution >= 4 is 60.2 Å². The van der Waals surface area contributed by atoms with Crippen LogP contribution in [0, 0.1) is 5.92 Å². The van der Waals surface area contributed by atoms with Crippen LogP contribution in [-0.2, 0) is 11.8 Å². The SMILES string of the molecule is CC1C=C(n2c3ccccc3c3cc(-c4ccc5c(c4)c4cc6c(cc4n5-c4ccccc4)C(C)(C)c4ccccc4-6)ccc32)c2c(ccc3cccnc23)C1. The molecule has 0 aliphatic heterocycles. The summed E-state index contributed by atoms with van der Waals surface area (Å²) in [5.74, 6) is 0.416. The summed E-state index contributed by atoms with van der Waals surface area (Å²) < 4.78 is 4.95. The lowest BCUT2D eigenvalue weighted by atomic mass is 9.82. The highest BCUT2D eigenvalue weighted by atomic mass is 15.0. The summed E-state index contributed by atoms with van der Waals surface area (Å²) in [7, 11) is 0. The zero-order valence-electron chi connectivity index (χ0n) is 31.7. The molecule has 266 valence electrons. The van der Waals surface area contributed by atoms with Gasteiger partial charge in [0.1, 0.15) is 0 Å². The topological polar surface area (TPSA) is 22.8 Å². The van der Waals surface area contributed by atoms with E-state index in [2.05, 4.69) is 182 Å². The maximum atomic E-state index is 4.94. The molecule has 3 aromatic heterocycles. The fraction of sp³-hybridized carbons (Fsp3) is 0.113. The van der Waals surface area contributed by atoms with Crippen molar-refractivity contribution in [3.8, 4) is 27.9 Å². The lowest BCUT2D eigenvalue weighted by Crippen LogP contribution is -2.14. The molecule has 0 fully saturated rings. The van der Waals surface area contributed by atoms with Crippen LogP contribution in [0.1, 0.15) is 43.0 Å². The number of rotatable bonds is 3. The van der Waals surface area contributed by atoms with Crippen molar-refractivity contribution in [2.75, 3.05) is 0 Å². The second-order valence-electron chi connectivity index (χ2n) is 16.5. The van der Waals surface area contributed by atoms with Crippen molar-refractivity contribution in [1.82, 2.24) is 14.1 Å². The van der Waals surface area contributed by atoms with Crippen molar-refractivity contribution < 1.29 is 0 Å². The molecule has 10 aromatic rings. The predicted octanol–water partition coefficient (Wildman–Crippen LogP) is 13.5. The minimum absolute atomic E-state index is 0.0742. The van der Waals surface area contributed by atoms with E-state index in [9.17, 15) is 0 Å². The highest BCUT2D eigenvalue weighted by molar-refractivity contribution is 6.15. The Kier molecular flexibility index (Phi) is 6.44. The molecule has 3 heterocycles. The highest BCUT2D eigenvalue weighted by Crippen LogP contribution is 2.51. The van der Waals surface area contributed by atoms with Gasteiger partial charge in [-0.1, -0.05) is 118 Å². The number of aromatic nitrogens is 3. The first-order chi connectivity index (χ1) is 27.4. The Morgan fingerprint density at radius 1 is 0.554 bits per heavy atom. The van der Waals surface area contributed by atoms with Crippen LogP contribution in [0.15, 0.2) is 164 Å². The van der Waals surface area contributed by atoms with E-state index in [0.29, 0.717) is 5.92 Å². The third-order valence-corrected chi connectivity index (χ3v) is 12.8. The minimum atomic E-state index is -0.0742. The van der Waals surface area contributed by atoms with E-state index in [4.69, 9.17) is 4.98 Å². The molecule has 56 heavy (non-hydrogen) atoms. The third kappa shape index (κ3) is 4.31. The highest BCUT2D eigenvalue weighted by Gasteiger charge is 2.36. The lowest BCUT2D eigenvalue weighted by Gasteiger charge is -2.25. The van der Waals surface area contributed by atoms with Crippen molar-refractivity contribution in [3.63, 3.8) is 0 Å².